The third kappa shape index (κ3) is 1.55. The lowest BCUT2D eigenvalue weighted by molar-refractivity contribution is 0.545. The summed E-state index contributed by atoms with van der Waals surface area (Å²) in [4.78, 5) is 16.7. The number of hydrogen-bond acceptors (Lipinski definition) is 5. The fraction of sp³-hybridized carbons (Fsp3) is 0.154. The molecule has 0 saturated carbocycles. The van der Waals surface area contributed by atoms with E-state index < -0.39 is 5.63 Å². The Kier molecular flexibility index (Phi) is 2.57. The molecule has 0 fully saturated rings. The molecule has 0 aromatic carbocycles. The molecule has 94 valence electrons. The molecule has 0 aliphatic carbocycles. The van der Waals surface area contributed by atoms with Gasteiger partial charge in [-0.05, 0) is 24.8 Å². The van der Waals surface area contributed by atoms with Crippen LogP contribution in [0.15, 0.2) is 32.4 Å². The third-order valence-electron chi connectivity index (χ3n) is 2.96. The van der Waals surface area contributed by atoms with Gasteiger partial charge >= 0.3 is 5.63 Å². The van der Waals surface area contributed by atoms with Gasteiger partial charge in [-0.1, -0.05) is 6.07 Å². The summed E-state index contributed by atoms with van der Waals surface area (Å²) in [5.74, 6) is 0. The molecule has 3 rings (SSSR count). The first-order valence-electron chi connectivity index (χ1n) is 5.56. The normalized spacial score (nSPS) is 11.0. The van der Waals surface area contributed by atoms with Crippen LogP contribution >= 0.6 is 11.8 Å². The fourth-order valence-corrected chi connectivity index (χ4v) is 2.82. The van der Waals surface area contributed by atoms with E-state index in [2.05, 4.69) is 4.98 Å². The highest BCUT2D eigenvalue weighted by Gasteiger charge is 2.19. The molecular weight excluding hydrogens is 262 g/mol. The zero-order chi connectivity index (χ0) is 13.6. The number of nitrogens with zero attached hydrogens (tertiary/aromatic N) is 3. The molecule has 0 aliphatic heterocycles. The van der Waals surface area contributed by atoms with Gasteiger partial charge in [-0.15, -0.1) is 11.8 Å². The number of aryl methyl sites for hydroxylation is 1. The van der Waals surface area contributed by atoms with E-state index >= 15 is 0 Å². The summed E-state index contributed by atoms with van der Waals surface area (Å²) >= 11 is 1.35. The smallest absolute Gasteiger partial charge is 0.356 e. The van der Waals surface area contributed by atoms with Crippen molar-refractivity contribution in [3.63, 3.8) is 0 Å². The van der Waals surface area contributed by atoms with Gasteiger partial charge in [0.2, 0.25) is 0 Å². The summed E-state index contributed by atoms with van der Waals surface area (Å²) < 4.78 is 6.99. The highest BCUT2D eigenvalue weighted by atomic mass is 32.2. The van der Waals surface area contributed by atoms with Crippen LogP contribution < -0.4 is 5.63 Å². The molecule has 0 unspecified atom stereocenters. The van der Waals surface area contributed by atoms with Gasteiger partial charge in [-0.2, -0.15) is 10.2 Å². The average molecular weight is 271 g/mol. The molecule has 0 bridgehead atoms. The van der Waals surface area contributed by atoms with Crippen LogP contribution in [-0.2, 0) is 0 Å². The Balaban J connectivity index is 2.65. The van der Waals surface area contributed by atoms with Crippen molar-refractivity contribution in [3.8, 4) is 6.07 Å². The largest absolute Gasteiger partial charge is 0.401 e. The van der Waals surface area contributed by atoms with E-state index in [-0.39, 0.29) is 11.3 Å². The van der Waals surface area contributed by atoms with Crippen LogP contribution in [0.2, 0.25) is 0 Å². The van der Waals surface area contributed by atoms with Crippen LogP contribution in [0.3, 0.4) is 0 Å². The number of rotatable bonds is 1. The van der Waals surface area contributed by atoms with Crippen molar-refractivity contribution in [2.75, 3.05) is 6.26 Å². The predicted octanol–water partition coefficient (Wildman–Crippen LogP) is 2.34. The van der Waals surface area contributed by atoms with E-state index in [0.29, 0.717) is 10.4 Å². The SMILES string of the molecule is CSc1c(C#N)c(=O)oc2nc3c(C)cccn3c12. The maximum absolute atomic E-state index is 11.8. The zero-order valence-corrected chi connectivity index (χ0v) is 11.1. The molecule has 0 amide bonds. The Morgan fingerprint density at radius 1 is 1.53 bits per heavy atom. The highest BCUT2D eigenvalue weighted by Crippen LogP contribution is 2.29. The van der Waals surface area contributed by atoms with Gasteiger partial charge in [0.15, 0.2) is 5.56 Å². The standard InChI is InChI=1S/C13H9N3O2S/c1-7-4-3-5-16-9-10(19-2)8(6-14)13(17)18-12(9)15-11(7)16/h3-5H,1-2H3. The maximum Gasteiger partial charge on any atom is 0.356 e. The van der Waals surface area contributed by atoms with Crippen molar-refractivity contribution >= 4 is 28.6 Å². The number of thioether (sulfide) groups is 1. The first-order valence-corrected chi connectivity index (χ1v) is 6.78. The second-order valence-corrected chi connectivity index (χ2v) is 4.88. The lowest BCUT2D eigenvalue weighted by Crippen LogP contribution is -2.06. The summed E-state index contributed by atoms with van der Waals surface area (Å²) in [6, 6.07) is 5.74. The molecular formula is C13H9N3O2S. The van der Waals surface area contributed by atoms with Crippen molar-refractivity contribution in [1.29, 1.82) is 5.26 Å². The summed E-state index contributed by atoms with van der Waals surface area (Å²) in [5.41, 5.74) is 2.03. The Morgan fingerprint density at radius 2 is 2.32 bits per heavy atom. The topological polar surface area (TPSA) is 71.3 Å². The minimum atomic E-state index is -0.639. The van der Waals surface area contributed by atoms with E-state index in [1.807, 2.05) is 42.0 Å². The van der Waals surface area contributed by atoms with Gasteiger partial charge in [-0.3, -0.25) is 4.40 Å². The van der Waals surface area contributed by atoms with Gasteiger partial charge < -0.3 is 4.42 Å². The molecule has 5 nitrogen and oxygen atoms in total. The molecule has 0 radical (unpaired) electrons. The second kappa shape index (κ2) is 4.14. The van der Waals surface area contributed by atoms with E-state index in [9.17, 15) is 4.79 Å². The summed E-state index contributed by atoms with van der Waals surface area (Å²) in [5, 5.41) is 9.10. The lowest BCUT2D eigenvalue weighted by Gasteiger charge is -2.02. The van der Waals surface area contributed by atoms with Crippen molar-refractivity contribution in [2.24, 2.45) is 0 Å². The fourth-order valence-electron chi connectivity index (χ4n) is 2.11. The van der Waals surface area contributed by atoms with E-state index in [1.54, 1.807) is 0 Å². The van der Waals surface area contributed by atoms with E-state index in [1.165, 1.54) is 11.8 Å². The van der Waals surface area contributed by atoms with Crippen LogP contribution in [0.25, 0.3) is 16.9 Å². The second-order valence-electron chi connectivity index (χ2n) is 4.06. The van der Waals surface area contributed by atoms with Crippen molar-refractivity contribution in [1.82, 2.24) is 9.38 Å². The molecule has 0 aliphatic rings. The number of pyridine rings is 1. The Labute approximate surface area is 112 Å². The van der Waals surface area contributed by atoms with Crippen molar-refractivity contribution < 1.29 is 4.42 Å². The molecule has 0 spiro atoms. The summed E-state index contributed by atoms with van der Waals surface area (Å²) in [6.45, 7) is 1.93. The molecule has 3 heterocycles. The average Bonchev–Trinajstić information content (AvgIpc) is 2.76. The van der Waals surface area contributed by atoms with Gasteiger partial charge in [0.05, 0.1) is 4.90 Å². The van der Waals surface area contributed by atoms with Crippen LogP contribution in [0, 0.1) is 18.3 Å². The first kappa shape index (κ1) is 11.8. The molecule has 6 heteroatoms. The third-order valence-corrected chi connectivity index (χ3v) is 3.77. The molecule has 3 aromatic rings. The molecule has 19 heavy (non-hydrogen) atoms. The Morgan fingerprint density at radius 3 is 3.00 bits per heavy atom. The molecule has 0 N–H and O–H groups in total. The van der Waals surface area contributed by atoms with Crippen LogP contribution in [0.1, 0.15) is 11.1 Å². The number of aromatic nitrogens is 2. The van der Waals surface area contributed by atoms with Crippen LogP contribution in [0.5, 0.6) is 0 Å². The quantitative estimate of drug-likeness (QED) is 0.635. The van der Waals surface area contributed by atoms with Gasteiger partial charge in [0, 0.05) is 6.20 Å². The summed E-state index contributed by atoms with van der Waals surface area (Å²) in [7, 11) is 0. The van der Waals surface area contributed by atoms with Crippen molar-refractivity contribution in [3.05, 3.63) is 39.9 Å². The van der Waals surface area contributed by atoms with E-state index in [0.717, 1.165) is 11.2 Å². The molecule has 0 atom stereocenters. The number of nitriles is 1. The number of imidazole rings is 1. The van der Waals surface area contributed by atoms with Gasteiger partial charge in [-0.25, -0.2) is 4.79 Å². The monoisotopic (exact) mass is 271 g/mol. The highest BCUT2D eigenvalue weighted by molar-refractivity contribution is 7.98. The van der Waals surface area contributed by atoms with Crippen molar-refractivity contribution in [2.45, 2.75) is 11.8 Å². The van der Waals surface area contributed by atoms with Crippen LogP contribution in [0.4, 0.5) is 0 Å². The van der Waals surface area contributed by atoms with Gasteiger partial charge in [0.1, 0.15) is 17.2 Å². The number of hydrogen-bond donors (Lipinski definition) is 0. The van der Waals surface area contributed by atoms with E-state index in [4.69, 9.17) is 9.68 Å². The summed E-state index contributed by atoms with van der Waals surface area (Å²) in [6.07, 6.45) is 3.67. The van der Waals surface area contributed by atoms with Crippen LogP contribution in [-0.4, -0.2) is 15.6 Å². The molecule has 3 aromatic heterocycles. The maximum atomic E-state index is 11.8. The molecule has 0 saturated heterocycles. The minimum absolute atomic E-state index is 0.0308. The predicted molar refractivity (Wildman–Crippen MR) is 72.5 cm³/mol. The Hall–Kier alpha value is -2.26. The Bertz CT molecular complexity index is 902. The zero-order valence-electron chi connectivity index (χ0n) is 10.3. The minimum Gasteiger partial charge on any atom is -0.401 e. The first-order chi connectivity index (χ1) is 9.17. The number of fused-ring (bicyclic) bond motifs is 3. The van der Waals surface area contributed by atoms with Gasteiger partial charge in [0.25, 0.3) is 5.71 Å². The lowest BCUT2D eigenvalue weighted by atomic mass is 10.3.